The lowest BCUT2D eigenvalue weighted by Gasteiger charge is -2.06. The summed E-state index contributed by atoms with van der Waals surface area (Å²) < 4.78 is 6.83. The normalized spacial score (nSPS) is 10.6. The molecule has 0 radical (unpaired) electrons. The number of ether oxygens (including phenoxy) is 1. The summed E-state index contributed by atoms with van der Waals surface area (Å²) in [6, 6.07) is 12.8. The molecule has 2 heterocycles. The van der Waals surface area contributed by atoms with Crippen LogP contribution in [-0.2, 0) is 4.79 Å². The summed E-state index contributed by atoms with van der Waals surface area (Å²) in [5.74, 6) is 1.54. The number of anilines is 1. The number of aryl methyl sites for hydroxylation is 2. The van der Waals surface area contributed by atoms with Gasteiger partial charge in [0.1, 0.15) is 10.8 Å². The fourth-order valence-corrected chi connectivity index (χ4v) is 2.99. The average molecular weight is 369 g/mol. The molecule has 0 unspecified atom stereocenters. The maximum absolute atomic E-state index is 12.1. The first kappa shape index (κ1) is 17.9. The Bertz CT molecular complexity index is 891. The highest BCUT2D eigenvalue weighted by atomic mass is 32.2. The molecule has 0 saturated heterocycles. The van der Waals surface area contributed by atoms with Crippen molar-refractivity contribution in [3.63, 3.8) is 0 Å². The van der Waals surface area contributed by atoms with Gasteiger partial charge in [-0.2, -0.15) is 5.10 Å². The summed E-state index contributed by atoms with van der Waals surface area (Å²) in [5.41, 5.74) is 2.65. The van der Waals surface area contributed by atoms with Gasteiger partial charge in [0.2, 0.25) is 5.91 Å². The molecule has 3 aromatic rings. The van der Waals surface area contributed by atoms with Crippen LogP contribution in [0.1, 0.15) is 11.4 Å². The standard InChI is InChI=1S/C18H19N5O2S/c1-12-10-13(2)23(22-12)16-8-9-18(21-20-16)26-11-17(24)19-14-4-6-15(25-3)7-5-14/h4-10H,11H2,1-3H3,(H,19,24). The summed E-state index contributed by atoms with van der Waals surface area (Å²) in [6.07, 6.45) is 0. The molecule has 0 aliphatic heterocycles. The molecule has 2 aromatic heterocycles. The summed E-state index contributed by atoms with van der Waals surface area (Å²) in [4.78, 5) is 12.1. The minimum atomic E-state index is -0.107. The Morgan fingerprint density at radius 2 is 1.92 bits per heavy atom. The average Bonchev–Trinajstić information content (AvgIpc) is 2.99. The van der Waals surface area contributed by atoms with E-state index in [0.29, 0.717) is 10.8 Å². The first-order valence-corrected chi connectivity index (χ1v) is 8.98. The van der Waals surface area contributed by atoms with Gasteiger partial charge in [0.25, 0.3) is 0 Å². The van der Waals surface area contributed by atoms with Crippen LogP contribution in [0.5, 0.6) is 5.75 Å². The van der Waals surface area contributed by atoms with Crippen LogP contribution in [0.15, 0.2) is 47.5 Å². The second-order valence-corrected chi connectivity index (χ2v) is 6.63. The molecule has 134 valence electrons. The molecule has 0 atom stereocenters. The molecule has 0 aliphatic carbocycles. The van der Waals surface area contributed by atoms with Gasteiger partial charge in [0, 0.05) is 11.4 Å². The van der Waals surface area contributed by atoms with Gasteiger partial charge in [-0.1, -0.05) is 11.8 Å². The van der Waals surface area contributed by atoms with E-state index in [1.807, 2.05) is 32.0 Å². The van der Waals surface area contributed by atoms with E-state index < -0.39 is 0 Å². The van der Waals surface area contributed by atoms with Gasteiger partial charge < -0.3 is 10.1 Å². The Balaban J connectivity index is 1.55. The number of carbonyl (C=O) groups is 1. The van der Waals surface area contributed by atoms with Crippen LogP contribution in [0.3, 0.4) is 0 Å². The zero-order valence-electron chi connectivity index (χ0n) is 14.8. The number of hydrogen-bond donors (Lipinski definition) is 1. The van der Waals surface area contributed by atoms with Crippen LogP contribution in [0, 0.1) is 13.8 Å². The fourth-order valence-electron chi connectivity index (χ4n) is 2.37. The van der Waals surface area contributed by atoms with Crippen LogP contribution in [0.25, 0.3) is 5.82 Å². The predicted octanol–water partition coefficient (Wildman–Crippen LogP) is 3.02. The molecule has 0 spiro atoms. The number of methoxy groups -OCH3 is 1. The number of nitrogens with zero attached hydrogens (tertiary/aromatic N) is 4. The molecule has 1 amide bonds. The molecule has 0 aliphatic rings. The van der Waals surface area contributed by atoms with Gasteiger partial charge >= 0.3 is 0 Å². The number of carbonyl (C=O) groups excluding carboxylic acids is 1. The largest absolute Gasteiger partial charge is 0.497 e. The van der Waals surface area contributed by atoms with Crippen molar-refractivity contribution < 1.29 is 9.53 Å². The van der Waals surface area contributed by atoms with E-state index in [0.717, 1.165) is 22.8 Å². The van der Waals surface area contributed by atoms with Gasteiger partial charge in [0.05, 0.1) is 18.6 Å². The van der Waals surface area contributed by atoms with Gasteiger partial charge in [0.15, 0.2) is 5.82 Å². The number of aromatic nitrogens is 4. The van der Waals surface area contributed by atoms with Crippen molar-refractivity contribution in [2.24, 2.45) is 0 Å². The Hall–Kier alpha value is -2.87. The van der Waals surface area contributed by atoms with Crippen LogP contribution in [0.4, 0.5) is 5.69 Å². The number of amides is 1. The van der Waals surface area contributed by atoms with E-state index in [4.69, 9.17) is 4.74 Å². The first-order valence-electron chi connectivity index (χ1n) is 7.99. The highest BCUT2D eigenvalue weighted by Crippen LogP contribution is 2.18. The van der Waals surface area contributed by atoms with Crippen LogP contribution < -0.4 is 10.1 Å². The molecule has 1 aromatic carbocycles. The Morgan fingerprint density at radius 1 is 1.15 bits per heavy atom. The minimum Gasteiger partial charge on any atom is -0.497 e. The van der Waals surface area contributed by atoms with Gasteiger partial charge in [-0.15, -0.1) is 10.2 Å². The third-order valence-corrected chi connectivity index (χ3v) is 4.50. The van der Waals surface area contributed by atoms with Crippen molar-refractivity contribution in [2.75, 3.05) is 18.2 Å². The van der Waals surface area contributed by atoms with Crippen LogP contribution in [0.2, 0.25) is 0 Å². The Kier molecular flexibility index (Phi) is 5.52. The molecule has 1 N–H and O–H groups in total. The zero-order chi connectivity index (χ0) is 18.5. The fraction of sp³-hybridized carbons (Fsp3) is 0.222. The van der Waals surface area contributed by atoms with Crippen molar-refractivity contribution in [1.29, 1.82) is 0 Å². The molecular formula is C18H19N5O2S. The van der Waals surface area contributed by atoms with Crippen LogP contribution in [-0.4, -0.2) is 38.7 Å². The number of thioether (sulfide) groups is 1. The molecule has 0 fully saturated rings. The summed E-state index contributed by atoms with van der Waals surface area (Å²) >= 11 is 1.33. The van der Waals surface area contributed by atoms with Gasteiger partial charge in [-0.25, -0.2) is 4.68 Å². The number of rotatable bonds is 6. The highest BCUT2D eigenvalue weighted by molar-refractivity contribution is 7.99. The lowest BCUT2D eigenvalue weighted by atomic mass is 10.3. The minimum absolute atomic E-state index is 0.107. The summed E-state index contributed by atoms with van der Waals surface area (Å²) in [6.45, 7) is 3.90. The summed E-state index contributed by atoms with van der Waals surface area (Å²) in [5, 5.41) is 16.2. The van der Waals surface area contributed by atoms with Crippen molar-refractivity contribution >= 4 is 23.4 Å². The zero-order valence-corrected chi connectivity index (χ0v) is 15.6. The van der Waals surface area contributed by atoms with Gasteiger partial charge in [-0.3, -0.25) is 4.79 Å². The maximum atomic E-state index is 12.1. The third kappa shape index (κ3) is 4.40. The number of benzene rings is 1. The third-order valence-electron chi connectivity index (χ3n) is 3.58. The number of nitrogens with one attached hydrogen (secondary N) is 1. The maximum Gasteiger partial charge on any atom is 0.234 e. The summed E-state index contributed by atoms with van der Waals surface area (Å²) in [7, 11) is 1.60. The molecule has 7 nitrogen and oxygen atoms in total. The molecule has 0 saturated carbocycles. The Labute approximate surface area is 155 Å². The molecule has 0 bridgehead atoms. The monoisotopic (exact) mass is 369 g/mol. The second kappa shape index (κ2) is 8.01. The molecular weight excluding hydrogens is 350 g/mol. The Morgan fingerprint density at radius 3 is 2.50 bits per heavy atom. The quantitative estimate of drug-likeness (QED) is 0.673. The van der Waals surface area contributed by atoms with Crippen molar-refractivity contribution in [3.05, 3.63) is 53.9 Å². The van der Waals surface area contributed by atoms with Gasteiger partial charge in [-0.05, 0) is 56.3 Å². The van der Waals surface area contributed by atoms with E-state index in [9.17, 15) is 4.79 Å². The van der Waals surface area contributed by atoms with E-state index >= 15 is 0 Å². The van der Waals surface area contributed by atoms with Crippen molar-refractivity contribution in [2.45, 2.75) is 18.9 Å². The van der Waals surface area contributed by atoms with E-state index in [-0.39, 0.29) is 11.7 Å². The topological polar surface area (TPSA) is 81.9 Å². The SMILES string of the molecule is COc1ccc(NC(=O)CSc2ccc(-n3nc(C)cc3C)nn2)cc1. The predicted molar refractivity (Wildman–Crippen MR) is 101 cm³/mol. The lowest BCUT2D eigenvalue weighted by molar-refractivity contribution is -0.113. The smallest absolute Gasteiger partial charge is 0.234 e. The lowest BCUT2D eigenvalue weighted by Crippen LogP contribution is -2.14. The van der Waals surface area contributed by atoms with E-state index in [1.54, 1.807) is 36.1 Å². The molecule has 3 rings (SSSR count). The van der Waals surface area contributed by atoms with Crippen molar-refractivity contribution in [3.8, 4) is 11.6 Å². The van der Waals surface area contributed by atoms with E-state index in [1.165, 1.54) is 11.8 Å². The van der Waals surface area contributed by atoms with Crippen LogP contribution >= 0.6 is 11.8 Å². The molecule has 26 heavy (non-hydrogen) atoms. The number of hydrogen-bond acceptors (Lipinski definition) is 6. The van der Waals surface area contributed by atoms with Crippen molar-refractivity contribution in [1.82, 2.24) is 20.0 Å². The first-order chi connectivity index (χ1) is 12.5. The molecule has 8 heteroatoms. The second-order valence-electron chi connectivity index (χ2n) is 5.63. The highest BCUT2D eigenvalue weighted by Gasteiger charge is 2.08. The van der Waals surface area contributed by atoms with E-state index in [2.05, 4.69) is 20.6 Å².